The number of aryl methyl sites for hydroxylation is 1. The van der Waals surface area contributed by atoms with Crippen LogP contribution in [0.1, 0.15) is 50.7 Å². The van der Waals surface area contributed by atoms with Gasteiger partial charge in [0.1, 0.15) is 4.90 Å². The number of hydrogen-bond donors (Lipinski definition) is 1. The first-order chi connectivity index (χ1) is 10.5. The summed E-state index contributed by atoms with van der Waals surface area (Å²) in [7, 11) is -4.24. The second-order valence-electron chi connectivity index (χ2n) is 5.75. The molecule has 0 atom stereocenters. The molecule has 0 bridgehead atoms. The molecule has 0 aromatic heterocycles. The topological polar surface area (TPSA) is 54.4 Å². The van der Waals surface area contributed by atoms with E-state index in [-0.39, 0.29) is 23.8 Å². The van der Waals surface area contributed by atoms with Gasteiger partial charge in [0.2, 0.25) is 0 Å². The molecule has 122 valence electrons. The van der Waals surface area contributed by atoms with Crippen molar-refractivity contribution in [3.05, 3.63) is 41.5 Å². The van der Waals surface area contributed by atoms with Crippen molar-refractivity contribution in [2.45, 2.75) is 57.3 Å². The summed E-state index contributed by atoms with van der Waals surface area (Å²) in [6.45, 7) is 4.20. The van der Waals surface area contributed by atoms with Gasteiger partial charge in [0.25, 0.3) is 10.1 Å². The van der Waals surface area contributed by atoms with Gasteiger partial charge >= 0.3 is 18.9 Å². The van der Waals surface area contributed by atoms with Crippen molar-refractivity contribution in [1.29, 1.82) is 0 Å². The van der Waals surface area contributed by atoms with Crippen LogP contribution < -0.4 is 0 Å². The number of fused-ring (bicyclic) bond motifs is 1. The van der Waals surface area contributed by atoms with Gasteiger partial charge in [-0.3, -0.25) is 4.55 Å². The minimum atomic E-state index is -4.24. The van der Waals surface area contributed by atoms with Crippen LogP contribution in [0.2, 0.25) is 0 Å². The van der Waals surface area contributed by atoms with E-state index in [0.717, 1.165) is 48.6 Å². The second kappa shape index (κ2) is 8.89. The molecule has 0 amide bonds. The summed E-state index contributed by atoms with van der Waals surface area (Å²) >= 11 is 0. The Morgan fingerprint density at radius 3 is 2.22 bits per heavy atom. The molecule has 0 spiro atoms. The number of rotatable bonds is 7. The fraction of sp³-hybridized carbons (Fsp3) is 0.444. The SMILES string of the molecule is CCCCc1cc2ccccc2c(S(=O)(=O)O)c1CCCC.[LiH]. The Labute approximate surface area is 151 Å². The van der Waals surface area contributed by atoms with Crippen molar-refractivity contribution >= 4 is 39.8 Å². The molecular formula is C18H25LiO3S. The Bertz CT molecular complexity index is 754. The summed E-state index contributed by atoms with van der Waals surface area (Å²) in [4.78, 5) is 0.116. The average molecular weight is 328 g/mol. The van der Waals surface area contributed by atoms with Gasteiger partial charge < -0.3 is 0 Å². The maximum atomic E-state index is 12.0. The molecule has 0 aliphatic rings. The van der Waals surface area contributed by atoms with E-state index in [1.165, 1.54) is 0 Å². The zero-order valence-corrected chi connectivity index (χ0v) is 14.1. The molecule has 2 aromatic carbocycles. The number of benzene rings is 2. The molecule has 1 N–H and O–H groups in total. The fourth-order valence-electron chi connectivity index (χ4n) is 2.93. The molecular weight excluding hydrogens is 303 g/mol. The van der Waals surface area contributed by atoms with E-state index in [9.17, 15) is 13.0 Å². The summed E-state index contributed by atoms with van der Waals surface area (Å²) in [6, 6.07) is 9.48. The first-order valence-corrected chi connectivity index (χ1v) is 9.44. The van der Waals surface area contributed by atoms with Crippen molar-refractivity contribution < 1.29 is 13.0 Å². The second-order valence-corrected chi connectivity index (χ2v) is 7.11. The molecule has 0 radical (unpaired) electrons. The van der Waals surface area contributed by atoms with Crippen molar-refractivity contribution in [2.24, 2.45) is 0 Å². The van der Waals surface area contributed by atoms with E-state index >= 15 is 0 Å². The maximum absolute atomic E-state index is 12.0. The van der Waals surface area contributed by atoms with Gasteiger partial charge in [0.15, 0.2) is 0 Å². The Morgan fingerprint density at radius 2 is 1.61 bits per heavy atom. The van der Waals surface area contributed by atoms with Crippen LogP contribution >= 0.6 is 0 Å². The quantitative estimate of drug-likeness (QED) is 0.614. The van der Waals surface area contributed by atoms with Crippen LogP contribution in [0.5, 0.6) is 0 Å². The van der Waals surface area contributed by atoms with Gasteiger partial charge in [-0.15, -0.1) is 0 Å². The van der Waals surface area contributed by atoms with Crippen LogP contribution in [0, 0.1) is 0 Å². The summed E-state index contributed by atoms with van der Waals surface area (Å²) in [5, 5.41) is 1.50. The normalized spacial score (nSPS) is 11.4. The average Bonchev–Trinajstić information content (AvgIpc) is 2.48. The van der Waals surface area contributed by atoms with E-state index in [1.807, 2.05) is 18.2 Å². The molecule has 0 aliphatic heterocycles. The van der Waals surface area contributed by atoms with Gasteiger partial charge in [-0.25, -0.2) is 0 Å². The van der Waals surface area contributed by atoms with E-state index in [2.05, 4.69) is 19.9 Å². The number of hydrogen-bond acceptors (Lipinski definition) is 2. The number of unbranched alkanes of at least 4 members (excludes halogenated alkanes) is 2. The minimum absolute atomic E-state index is 0. The van der Waals surface area contributed by atoms with Crippen LogP contribution in [0.4, 0.5) is 0 Å². The van der Waals surface area contributed by atoms with E-state index in [1.54, 1.807) is 6.07 Å². The predicted molar refractivity (Wildman–Crippen MR) is 98.1 cm³/mol. The van der Waals surface area contributed by atoms with E-state index in [4.69, 9.17) is 0 Å². The van der Waals surface area contributed by atoms with Gasteiger partial charge in [0, 0.05) is 5.39 Å². The summed E-state index contributed by atoms with van der Waals surface area (Å²) in [5.74, 6) is 0. The van der Waals surface area contributed by atoms with Crippen LogP contribution in [0.15, 0.2) is 35.2 Å². The van der Waals surface area contributed by atoms with Gasteiger partial charge in [-0.2, -0.15) is 8.42 Å². The van der Waals surface area contributed by atoms with Gasteiger partial charge in [-0.05, 0) is 42.2 Å². The van der Waals surface area contributed by atoms with Crippen molar-refractivity contribution in [3.63, 3.8) is 0 Å². The molecule has 5 heteroatoms. The molecule has 2 aromatic rings. The molecule has 23 heavy (non-hydrogen) atoms. The molecule has 0 saturated heterocycles. The first kappa shape index (κ1) is 20.3. The first-order valence-electron chi connectivity index (χ1n) is 8.00. The van der Waals surface area contributed by atoms with Gasteiger partial charge in [-0.1, -0.05) is 57.0 Å². The Hall–Kier alpha value is -0.793. The standard InChI is InChI=1S/C18H24O3S.Li.H/c1-3-5-9-14-13-15-10-7-8-12-17(15)18(22(19,20)21)16(14)11-6-4-2;;/h7-8,10,12-13H,3-6,9,11H2,1-2H3,(H,19,20,21);;. The molecule has 0 heterocycles. The third-order valence-electron chi connectivity index (χ3n) is 4.03. The van der Waals surface area contributed by atoms with Gasteiger partial charge in [0.05, 0.1) is 0 Å². The molecule has 0 saturated carbocycles. The third-order valence-corrected chi connectivity index (χ3v) is 5.02. The summed E-state index contributed by atoms with van der Waals surface area (Å²) < 4.78 is 33.8. The van der Waals surface area contributed by atoms with Crippen LogP contribution in [0.25, 0.3) is 10.8 Å². The molecule has 3 nitrogen and oxygen atoms in total. The van der Waals surface area contributed by atoms with Crippen molar-refractivity contribution in [2.75, 3.05) is 0 Å². The van der Waals surface area contributed by atoms with E-state index in [0.29, 0.717) is 11.8 Å². The molecule has 0 aliphatic carbocycles. The predicted octanol–water partition coefficient (Wildman–Crippen LogP) is 4.12. The van der Waals surface area contributed by atoms with E-state index < -0.39 is 10.1 Å². The zero-order valence-electron chi connectivity index (χ0n) is 13.3. The van der Waals surface area contributed by atoms with Crippen LogP contribution in [-0.4, -0.2) is 31.8 Å². The van der Waals surface area contributed by atoms with Crippen LogP contribution in [0.3, 0.4) is 0 Å². The fourth-order valence-corrected chi connectivity index (χ4v) is 3.93. The Balaban J connectivity index is 0.00000264. The summed E-state index contributed by atoms with van der Waals surface area (Å²) in [6.07, 6.45) is 5.52. The molecule has 0 fully saturated rings. The van der Waals surface area contributed by atoms with Crippen LogP contribution in [-0.2, 0) is 23.0 Å². The van der Waals surface area contributed by atoms with Crippen molar-refractivity contribution in [3.8, 4) is 0 Å². The Kier molecular flexibility index (Phi) is 7.83. The monoisotopic (exact) mass is 328 g/mol. The Morgan fingerprint density at radius 1 is 1.00 bits per heavy atom. The third kappa shape index (κ3) is 4.84. The van der Waals surface area contributed by atoms with Crippen molar-refractivity contribution in [1.82, 2.24) is 0 Å². The summed E-state index contributed by atoms with van der Waals surface area (Å²) in [5.41, 5.74) is 1.86. The molecule has 2 rings (SSSR count). The molecule has 0 unspecified atom stereocenters. The zero-order chi connectivity index (χ0) is 16.2.